The minimum atomic E-state index is -0.815. The van der Waals surface area contributed by atoms with Crippen LogP contribution in [0.25, 0.3) is 0 Å². The number of esters is 3. The monoisotopic (exact) mass is 919 g/mol. The number of allylic oxidation sites excluding steroid dienone is 14. The number of carbonyl (C=O) groups excluding carboxylic acids is 3. The summed E-state index contributed by atoms with van der Waals surface area (Å²) < 4.78 is 16.7. The molecule has 0 amide bonds. The zero-order valence-corrected chi connectivity index (χ0v) is 43.2. The zero-order valence-electron chi connectivity index (χ0n) is 43.2. The quantitative estimate of drug-likeness (QED) is 0.0199. The Morgan fingerprint density at radius 1 is 0.333 bits per heavy atom. The average Bonchev–Trinajstić information content (AvgIpc) is 3.31. The Bertz CT molecular complexity index is 1290. The fourth-order valence-electron chi connectivity index (χ4n) is 7.50. The van der Waals surface area contributed by atoms with E-state index >= 15 is 0 Å². The average molecular weight is 919 g/mol. The minimum absolute atomic E-state index is 0.107. The minimum Gasteiger partial charge on any atom is -0.462 e. The lowest BCUT2D eigenvalue weighted by molar-refractivity contribution is -0.166. The van der Waals surface area contributed by atoms with Crippen molar-refractivity contribution in [2.45, 2.75) is 264 Å². The Morgan fingerprint density at radius 3 is 1.12 bits per heavy atom. The van der Waals surface area contributed by atoms with Crippen molar-refractivity contribution in [1.82, 2.24) is 0 Å². The number of unbranched alkanes of at least 4 members (excludes halogenated alkanes) is 25. The van der Waals surface area contributed by atoms with Crippen LogP contribution in [0.4, 0.5) is 0 Å². The highest BCUT2D eigenvalue weighted by Crippen LogP contribution is 2.14. The van der Waals surface area contributed by atoms with Crippen LogP contribution in [0.5, 0.6) is 0 Å². The predicted molar refractivity (Wildman–Crippen MR) is 284 cm³/mol. The van der Waals surface area contributed by atoms with Crippen molar-refractivity contribution in [3.63, 3.8) is 0 Å². The summed E-state index contributed by atoms with van der Waals surface area (Å²) in [5, 5.41) is 0. The molecule has 0 saturated heterocycles. The first kappa shape index (κ1) is 62.6. The van der Waals surface area contributed by atoms with Gasteiger partial charge in [-0.1, -0.05) is 228 Å². The van der Waals surface area contributed by atoms with Crippen molar-refractivity contribution < 1.29 is 28.6 Å². The Balaban J connectivity index is 4.46. The first-order chi connectivity index (χ1) is 32.5. The van der Waals surface area contributed by atoms with Crippen LogP contribution >= 0.6 is 0 Å². The second-order valence-corrected chi connectivity index (χ2v) is 18.1. The standard InChI is InChI=1S/C60H102O6/c1-4-7-10-13-16-19-22-25-27-29-30-31-33-35-38-41-44-47-50-53-59(62)65-56-57(55-64-58(61)52-49-46-43-40-37-34-24-21-18-15-12-9-6-3)66-60(63)54-51-48-45-42-39-36-32-28-26-23-20-17-14-11-8-5-2/h7,10,16,19,25,27-28,32,34,36-37,39,43,46,57H,4-6,8-9,11-15,17-18,20-24,26,29-31,33,35,38,40-42,44-45,47-56H2,1-3H3/b10-7-,19-16-,27-25-,32-28-,37-34-,39-36-,46-43-. The first-order valence-corrected chi connectivity index (χ1v) is 27.6. The van der Waals surface area contributed by atoms with E-state index in [9.17, 15) is 14.4 Å². The molecule has 0 aliphatic heterocycles. The van der Waals surface area contributed by atoms with Crippen LogP contribution in [-0.4, -0.2) is 37.2 Å². The van der Waals surface area contributed by atoms with Gasteiger partial charge in [0, 0.05) is 19.3 Å². The molecule has 0 N–H and O–H groups in total. The SMILES string of the molecule is CC/C=C\C/C=C\C/C=C\CCCCCCCCCCCC(=O)OCC(COC(=O)CC/C=C\C/C=C\CCCCCCCC)OC(=O)CCCCC/C=C\C=C/CCCCCCCCC. The number of hydrogen-bond acceptors (Lipinski definition) is 6. The molecular formula is C60H102O6. The van der Waals surface area contributed by atoms with Crippen LogP contribution in [0.2, 0.25) is 0 Å². The van der Waals surface area contributed by atoms with Gasteiger partial charge in [0.05, 0.1) is 0 Å². The number of carbonyl (C=O) groups is 3. The lowest BCUT2D eigenvalue weighted by atomic mass is 10.1. The maximum Gasteiger partial charge on any atom is 0.306 e. The maximum atomic E-state index is 12.8. The third kappa shape index (κ3) is 51.6. The number of rotatable bonds is 49. The Hall–Kier alpha value is -3.41. The molecule has 378 valence electrons. The van der Waals surface area contributed by atoms with Crippen molar-refractivity contribution >= 4 is 17.9 Å². The second kappa shape index (κ2) is 54.2. The highest BCUT2D eigenvalue weighted by Gasteiger charge is 2.19. The molecule has 0 saturated carbocycles. The van der Waals surface area contributed by atoms with Crippen molar-refractivity contribution in [3.8, 4) is 0 Å². The van der Waals surface area contributed by atoms with Gasteiger partial charge in [-0.15, -0.1) is 0 Å². The molecule has 0 radical (unpaired) electrons. The third-order valence-corrected chi connectivity index (χ3v) is 11.6. The van der Waals surface area contributed by atoms with E-state index in [0.29, 0.717) is 12.8 Å². The highest BCUT2D eigenvalue weighted by atomic mass is 16.6. The van der Waals surface area contributed by atoms with Crippen molar-refractivity contribution in [2.75, 3.05) is 13.2 Å². The van der Waals surface area contributed by atoms with E-state index in [1.807, 2.05) is 6.08 Å². The molecule has 0 aliphatic carbocycles. The van der Waals surface area contributed by atoms with E-state index in [1.165, 1.54) is 128 Å². The van der Waals surface area contributed by atoms with Gasteiger partial charge in [0.1, 0.15) is 13.2 Å². The molecule has 6 heteroatoms. The third-order valence-electron chi connectivity index (χ3n) is 11.6. The van der Waals surface area contributed by atoms with E-state index in [1.54, 1.807) is 0 Å². The van der Waals surface area contributed by atoms with Gasteiger partial charge in [-0.3, -0.25) is 14.4 Å². The van der Waals surface area contributed by atoms with Gasteiger partial charge in [-0.2, -0.15) is 0 Å². The Morgan fingerprint density at radius 2 is 0.667 bits per heavy atom. The van der Waals surface area contributed by atoms with Crippen molar-refractivity contribution in [3.05, 3.63) is 85.1 Å². The van der Waals surface area contributed by atoms with Gasteiger partial charge in [0.25, 0.3) is 0 Å². The van der Waals surface area contributed by atoms with Gasteiger partial charge in [0.2, 0.25) is 0 Å². The van der Waals surface area contributed by atoms with Crippen LogP contribution in [0.3, 0.4) is 0 Å². The van der Waals surface area contributed by atoms with E-state index < -0.39 is 6.10 Å². The van der Waals surface area contributed by atoms with E-state index in [4.69, 9.17) is 14.2 Å². The first-order valence-electron chi connectivity index (χ1n) is 27.6. The Labute approximate surface area is 407 Å². The predicted octanol–water partition coefficient (Wildman–Crippen LogP) is 18.4. The lowest BCUT2D eigenvalue weighted by Gasteiger charge is -2.18. The molecule has 0 heterocycles. The van der Waals surface area contributed by atoms with Gasteiger partial charge < -0.3 is 14.2 Å². The molecule has 0 aromatic rings. The summed E-state index contributed by atoms with van der Waals surface area (Å²) >= 11 is 0. The number of hydrogen-bond donors (Lipinski definition) is 0. The van der Waals surface area contributed by atoms with Crippen LogP contribution in [0.15, 0.2) is 85.1 Å². The van der Waals surface area contributed by atoms with E-state index in [2.05, 4.69) is 99.8 Å². The maximum absolute atomic E-state index is 12.8. The summed E-state index contributed by atoms with van der Waals surface area (Å²) in [6.45, 7) is 6.44. The van der Waals surface area contributed by atoms with Gasteiger partial charge in [-0.25, -0.2) is 0 Å². The smallest absolute Gasteiger partial charge is 0.306 e. The summed E-state index contributed by atoms with van der Waals surface area (Å²) in [6, 6.07) is 0. The summed E-state index contributed by atoms with van der Waals surface area (Å²) in [5.74, 6) is -1.01. The topological polar surface area (TPSA) is 78.9 Å². The van der Waals surface area contributed by atoms with Crippen molar-refractivity contribution in [1.29, 1.82) is 0 Å². The van der Waals surface area contributed by atoms with Crippen LogP contribution in [0, 0.1) is 0 Å². The fraction of sp³-hybridized carbons (Fsp3) is 0.717. The zero-order chi connectivity index (χ0) is 47.9. The molecule has 1 unspecified atom stereocenters. The molecule has 0 aliphatic rings. The summed E-state index contributed by atoms with van der Waals surface area (Å²) in [7, 11) is 0. The van der Waals surface area contributed by atoms with Gasteiger partial charge in [-0.05, 0) is 96.3 Å². The van der Waals surface area contributed by atoms with Crippen LogP contribution in [-0.2, 0) is 28.6 Å². The van der Waals surface area contributed by atoms with E-state index in [-0.39, 0.29) is 44.0 Å². The number of ether oxygens (including phenoxy) is 3. The van der Waals surface area contributed by atoms with Crippen molar-refractivity contribution in [2.24, 2.45) is 0 Å². The molecule has 0 fully saturated rings. The normalized spacial score (nSPS) is 12.7. The fourth-order valence-corrected chi connectivity index (χ4v) is 7.50. The summed E-state index contributed by atoms with van der Waals surface area (Å²) in [5.41, 5.74) is 0. The molecule has 0 rings (SSSR count). The molecule has 66 heavy (non-hydrogen) atoms. The molecule has 0 aromatic carbocycles. The summed E-state index contributed by atoms with van der Waals surface area (Å²) in [6.07, 6.45) is 70.1. The van der Waals surface area contributed by atoms with Crippen LogP contribution < -0.4 is 0 Å². The van der Waals surface area contributed by atoms with Gasteiger partial charge in [0.15, 0.2) is 6.10 Å². The van der Waals surface area contributed by atoms with Gasteiger partial charge >= 0.3 is 17.9 Å². The van der Waals surface area contributed by atoms with E-state index in [0.717, 1.165) is 83.5 Å². The highest BCUT2D eigenvalue weighted by molar-refractivity contribution is 5.71. The molecule has 0 bridgehead atoms. The molecule has 0 spiro atoms. The van der Waals surface area contributed by atoms with Crippen LogP contribution in [0.1, 0.15) is 258 Å². The molecule has 0 aromatic heterocycles. The largest absolute Gasteiger partial charge is 0.462 e. The summed E-state index contributed by atoms with van der Waals surface area (Å²) in [4.78, 5) is 38.0. The molecule has 6 nitrogen and oxygen atoms in total. The lowest BCUT2D eigenvalue weighted by Crippen LogP contribution is -2.30. The Kier molecular flexibility index (Phi) is 51.4. The molecular weight excluding hydrogens is 817 g/mol. The molecule has 1 atom stereocenters. The second-order valence-electron chi connectivity index (χ2n) is 18.1.